The summed E-state index contributed by atoms with van der Waals surface area (Å²) in [5.41, 5.74) is 0.937. The quantitative estimate of drug-likeness (QED) is 0.836. The maximum absolute atomic E-state index is 11.5. The van der Waals surface area contributed by atoms with Crippen LogP contribution in [0.1, 0.15) is 23.0 Å². The number of nitrogens with one attached hydrogen (secondary N) is 1. The Morgan fingerprint density at radius 2 is 2.36 bits per heavy atom. The molecule has 78 valence electrons. The standard InChI is InChI=1S/C8H11BrN2O3/c1-3-14-8(12)6-5(4-13-2)10-11-7(6)9/h3-4H2,1-2H3,(H,10,11). The molecule has 0 spiro atoms. The second-order valence-corrected chi connectivity index (χ2v) is 3.31. The number of aromatic nitrogens is 2. The van der Waals surface area contributed by atoms with E-state index in [0.717, 1.165) is 0 Å². The summed E-state index contributed by atoms with van der Waals surface area (Å²) in [5.74, 6) is -0.403. The van der Waals surface area contributed by atoms with Crippen molar-refractivity contribution in [1.29, 1.82) is 0 Å². The number of carbonyl (C=O) groups excluding carboxylic acids is 1. The average Bonchev–Trinajstić information content (AvgIpc) is 2.48. The fourth-order valence-corrected chi connectivity index (χ4v) is 1.49. The van der Waals surface area contributed by atoms with Crippen molar-refractivity contribution in [2.24, 2.45) is 0 Å². The van der Waals surface area contributed by atoms with E-state index in [1.807, 2.05) is 0 Å². The highest BCUT2D eigenvalue weighted by Gasteiger charge is 2.19. The van der Waals surface area contributed by atoms with Crippen LogP contribution in [0.2, 0.25) is 0 Å². The number of methoxy groups -OCH3 is 1. The molecule has 0 bridgehead atoms. The number of ether oxygens (including phenoxy) is 2. The van der Waals surface area contributed by atoms with Gasteiger partial charge in [0.05, 0.1) is 13.2 Å². The van der Waals surface area contributed by atoms with Crippen molar-refractivity contribution in [2.45, 2.75) is 13.5 Å². The molecule has 1 aromatic rings. The molecule has 1 heterocycles. The van der Waals surface area contributed by atoms with Crippen LogP contribution in [0.15, 0.2) is 4.60 Å². The highest BCUT2D eigenvalue weighted by atomic mass is 79.9. The van der Waals surface area contributed by atoms with Crippen LogP contribution in [0, 0.1) is 0 Å². The molecule has 1 rings (SSSR count). The molecule has 0 radical (unpaired) electrons. The van der Waals surface area contributed by atoms with E-state index in [0.29, 0.717) is 22.5 Å². The minimum atomic E-state index is -0.403. The van der Waals surface area contributed by atoms with E-state index in [1.165, 1.54) is 7.11 Å². The second kappa shape index (κ2) is 5.11. The average molecular weight is 263 g/mol. The lowest BCUT2D eigenvalue weighted by atomic mass is 10.2. The number of carbonyl (C=O) groups is 1. The maximum Gasteiger partial charge on any atom is 0.342 e. The molecule has 6 heteroatoms. The third-order valence-corrected chi connectivity index (χ3v) is 2.13. The number of nitrogens with zero attached hydrogens (tertiary/aromatic N) is 1. The maximum atomic E-state index is 11.5. The van der Waals surface area contributed by atoms with Gasteiger partial charge in [-0.2, -0.15) is 5.10 Å². The topological polar surface area (TPSA) is 64.2 Å². The molecule has 5 nitrogen and oxygen atoms in total. The van der Waals surface area contributed by atoms with Gasteiger partial charge in [0, 0.05) is 7.11 Å². The molecular weight excluding hydrogens is 252 g/mol. The van der Waals surface area contributed by atoms with Gasteiger partial charge in [-0.1, -0.05) is 0 Å². The molecule has 0 atom stereocenters. The molecule has 1 N–H and O–H groups in total. The monoisotopic (exact) mass is 262 g/mol. The fraction of sp³-hybridized carbons (Fsp3) is 0.500. The highest BCUT2D eigenvalue weighted by Crippen LogP contribution is 2.19. The lowest BCUT2D eigenvalue weighted by molar-refractivity contribution is 0.0520. The number of H-pyrrole nitrogens is 1. The first-order valence-electron chi connectivity index (χ1n) is 4.09. The number of rotatable bonds is 4. The van der Waals surface area contributed by atoms with E-state index in [1.54, 1.807) is 6.92 Å². The molecule has 0 saturated carbocycles. The fourth-order valence-electron chi connectivity index (χ4n) is 1.01. The Bertz CT molecular complexity index is 324. The summed E-state index contributed by atoms with van der Waals surface area (Å²) in [7, 11) is 1.54. The van der Waals surface area contributed by atoms with Crippen LogP contribution in [0.3, 0.4) is 0 Å². The minimum Gasteiger partial charge on any atom is -0.462 e. The van der Waals surface area contributed by atoms with E-state index in [9.17, 15) is 4.79 Å². The number of halogens is 1. The molecular formula is C8H11BrN2O3. The summed E-state index contributed by atoms with van der Waals surface area (Å²) in [6, 6.07) is 0. The van der Waals surface area contributed by atoms with Gasteiger partial charge < -0.3 is 9.47 Å². The molecule has 0 aliphatic rings. The van der Waals surface area contributed by atoms with Crippen LogP contribution in [0.4, 0.5) is 0 Å². The predicted octanol–water partition coefficient (Wildman–Crippen LogP) is 1.50. The van der Waals surface area contributed by atoms with Gasteiger partial charge in [-0.25, -0.2) is 4.79 Å². The largest absolute Gasteiger partial charge is 0.462 e. The summed E-state index contributed by atoms with van der Waals surface area (Å²) in [5, 5.41) is 6.56. The van der Waals surface area contributed by atoms with Crippen molar-refractivity contribution in [2.75, 3.05) is 13.7 Å². The molecule has 1 aromatic heterocycles. The Kier molecular flexibility index (Phi) is 4.09. The van der Waals surface area contributed by atoms with Crippen molar-refractivity contribution in [1.82, 2.24) is 10.2 Å². The zero-order chi connectivity index (χ0) is 10.6. The highest BCUT2D eigenvalue weighted by molar-refractivity contribution is 9.10. The van der Waals surface area contributed by atoms with Crippen molar-refractivity contribution in [3.05, 3.63) is 15.9 Å². The lowest BCUT2D eigenvalue weighted by Crippen LogP contribution is -2.07. The summed E-state index contributed by atoms with van der Waals surface area (Å²) >= 11 is 3.18. The molecule has 0 aromatic carbocycles. The zero-order valence-electron chi connectivity index (χ0n) is 7.96. The van der Waals surface area contributed by atoms with Crippen molar-refractivity contribution in [3.63, 3.8) is 0 Å². The van der Waals surface area contributed by atoms with Gasteiger partial charge in [-0.15, -0.1) is 0 Å². The van der Waals surface area contributed by atoms with Crippen LogP contribution in [-0.4, -0.2) is 29.9 Å². The van der Waals surface area contributed by atoms with Crippen LogP contribution in [0.25, 0.3) is 0 Å². The van der Waals surface area contributed by atoms with E-state index in [2.05, 4.69) is 26.1 Å². The van der Waals surface area contributed by atoms with Gasteiger partial charge in [0.1, 0.15) is 15.9 Å². The Labute approximate surface area is 89.9 Å². The third kappa shape index (κ3) is 2.33. The van der Waals surface area contributed by atoms with Crippen LogP contribution in [-0.2, 0) is 16.1 Å². The SMILES string of the molecule is CCOC(=O)c1c(COC)n[nH]c1Br. The molecule has 0 unspecified atom stereocenters. The number of hydrogen-bond donors (Lipinski definition) is 1. The normalized spacial score (nSPS) is 10.2. The Hall–Kier alpha value is -0.880. The lowest BCUT2D eigenvalue weighted by Gasteiger charge is -2.01. The second-order valence-electron chi connectivity index (χ2n) is 2.51. The van der Waals surface area contributed by atoms with Crippen molar-refractivity contribution < 1.29 is 14.3 Å². The smallest absolute Gasteiger partial charge is 0.342 e. The van der Waals surface area contributed by atoms with E-state index in [-0.39, 0.29) is 6.61 Å². The minimum absolute atomic E-state index is 0.274. The Morgan fingerprint density at radius 1 is 1.64 bits per heavy atom. The zero-order valence-corrected chi connectivity index (χ0v) is 9.55. The number of aromatic amines is 1. The summed E-state index contributed by atoms with van der Waals surface area (Å²) in [6.07, 6.45) is 0. The first-order chi connectivity index (χ1) is 6.70. The van der Waals surface area contributed by atoms with Gasteiger partial charge in [0.2, 0.25) is 0 Å². The van der Waals surface area contributed by atoms with E-state index < -0.39 is 5.97 Å². The van der Waals surface area contributed by atoms with Crippen LogP contribution in [0.5, 0.6) is 0 Å². The first-order valence-corrected chi connectivity index (χ1v) is 4.88. The van der Waals surface area contributed by atoms with Crippen LogP contribution < -0.4 is 0 Å². The number of esters is 1. The Morgan fingerprint density at radius 3 is 2.93 bits per heavy atom. The summed E-state index contributed by atoms with van der Waals surface area (Å²) in [4.78, 5) is 11.5. The molecule has 0 aliphatic heterocycles. The van der Waals surface area contributed by atoms with Gasteiger partial charge in [-0.05, 0) is 22.9 Å². The van der Waals surface area contributed by atoms with Crippen molar-refractivity contribution >= 4 is 21.9 Å². The van der Waals surface area contributed by atoms with Gasteiger partial charge in [-0.3, -0.25) is 5.10 Å². The summed E-state index contributed by atoms with van der Waals surface area (Å²) in [6.45, 7) is 2.36. The van der Waals surface area contributed by atoms with E-state index in [4.69, 9.17) is 9.47 Å². The van der Waals surface area contributed by atoms with Gasteiger partial charge in [0.15, 0.2) is 0 Å². The number of hydrogen-bond acceptors (Lipinski definition) is 4. The van der Waals surface area contributed by atoms with Crippen LogP contribution >= 0.6 is 15.9 Å². The van der Waals surface area contributed by atoms with E-state index >= 15 is 0 Å². The molecule has 0 saturated heterocycles. The third-order valence-electron chi connectivity index (χ3n) is 1.56. The molecule has 0 fully saturated rings. The first kappa shape index (κ1) is 11.2. The van der Waals surface area contributed by atoms with Gasteiger partial charge >= 0.3 is 5.97 Å². The van der Waals surface area contributed by atoms with Crippen molar-refractivity contribution in [3.8, 4) is 0 Å². The predicted molar refractivity (Wildman–Crippen MR) is 53.0 cm³/mol. The molecule has 14 heavy (non-hydrogen) atoms. The van der Waals surface area contributed by atoms with Gasteiger partial charge in [0.25, 0.3) is 0 Å². The summed E-state index contributed by atoms with van der Waals surface area (Å²) < 4.78 is 10.3. The molecule has 0 aliphatic carbocycles. The Balaban J connectivity index is 2.92. The molecule has 0 amide bonds.